The van der Waals surface area contributed by atoms with E-state index in [2.05, 4.69) is 53.9 Å². The van der Waals surface area contributed by atoms with Crippen molar-refractivity contribution in [1.82, 2.24) is 34.8 Å². The number of carbonyl (C=O) groups excluding carboxylic acids is 1. The molecule has 1 atom stereocenters. The average Bonchev–Trinajstić information content (AvgIpc) is 3.47. The van der Waals surface area contributed by atoms with Crippen molar-refractivity contribution in [3.05, 3.63) is 78.9 Å². The number of aromatic amines is 1. The number of pyridine rings is 1. The van der Waals surface area contributed by atoms with E-state index in [9.17, 15) is 4.79 Å². The second-order valence-corrected chi connectivity index (χ2v) is 10.2. The number of likely N-dealkylation sites (N-methyl/N-ethyl adjacent to an activating group) is 1. The van der Waals surface area contributed by atoms with Crippen LogP contribution in [0.5, 0.6) is 0 Å². The van der Waals surface area contributed by atoms with Crippen LogP contribution in [0.1, 0.15) is 18.5 Å². The zero-order valence-electron chi connectivity index (χ0n) is 21.2. The molecule has 37 heavy (non-hydrogen) atoms. The van der Waals surface area contributed by atoms with Gasteiger partial charge in [-0.2, -0.15) is 10.2 Å². The highest BCUT2D eigenvalue weighted by Crippen LogP contribution is 2.42. The third-order valence-corrected chi connectivity index (χ3v) is 7.24. The van der Waals surface area contributed by atoms with E-state index in [4.69, 9.17) is 5.10 Å². The summed E-state index contributed by atoms with van der Waals surface area (Å²) in [5, 5.41) is 12.3. The standard InChI is InChI=1S/C29H31N7O/c1-34(2)16-4-7-27(37)35-18-26-28(21-10-13-30-14-11-21)29(33-36(26)19-25(35)20-8-9-20)23-6-3-5-22(17-23)24-12-15-31-32-24/h3-7,10-15,17,20,25H,8-9,16,18-19H2,1-2H3,(H,31,32)/b7-4+/t25-/m1/s1. The lowest BCUT2D eigenvalue weighted by molar-refractivity contribution is -0.130. The summed E-state index contributed by atoms with van der Waals surface area (Å²) in [6.45, 7) is 1.99. The number of hydrogen-bond donors (Lipinski definition) is 1. The second-order valence-electron chi connectivity index (χ2n) is 10.2. The van der Waals surface area contributed by atoms with Crippen molar-refractivity contribution >= 4 is 5.91 Å². The van der Waals surface area contributed by atoms with Crippen LogP contribution in [0.25, 0.3) is 33.6 Å². The molecule has 188 valence electrons. The Bertz CT molecular complexity index is 1420. The van der Waals surface area contributed by atoms with Crippen molar-refractivity contribution in [2.24, 2.45) is 5.92 Å². The molecule has 0 unspecified atom stereocenters. The molecule has 0 spiro atoms. The first-order valence-electron chi connectivity index (χ1n) is 12.8. The normalized spacial score (nSPS) is 17.5. The van der Waals surface area contributed by atoms with Crippen molar-refractivity contribution in [2.75, 3.05) is 20.6 Å². The number of aromatic nitrogens is 5. The third-order valence-electron chi connectivity index (χ3n) is 7.24. The first-order valence-corrected chi connectivity index (χ1v) is 12.8. The molecule has 1 aliphatic heterocycles. The van der Waals surface area contributed by atoms with Crippen LogP contribution < -0.4 is 0 Å². The molecule has 6 rings (SSSR count). The Morgan fingerprint density at radius 1 is 1.08 bits per heavy atom. The lowest BCUT2D eigenvalue weighted by atomic mass is 9.96. The zero-order chi connectivity index (χ0) is 25.4. The minimum Gasteiger partial charge on any atom is -0.328 e. The smallest absolute Gasteiger partial charge is 0.246 e. The third kappa shape index (κ3) is 4.72. The molecule has 3 aromatic heterocycles. The second kappa shape index (κ2) is 9.78. The molecular formula is C29H31N7O. The Balaban J connectivity index is 1.44. The topological polar surface area (TPSA) is 82.9 Å². The van der Waals surface area contributed by atoms with Gasteiger partial charge in [0.25, 0.3) is 0 Å². The minimum atomic E-state index is 0.0784. The van der Waals surface area contributed by atoms with Gasteiger partial charge in [-0.3, -0.25) is 19.6 Å². The number of nitrogens with one attached hydrogen (secondary N) is 1. The summed E-state index contributed by atoms with van der Waals surface area (Å²) in [5.74, 6) is 0.620. The van der Waals surface area contributed by atoms with Gasteiger partial charge in [-0.1, -0.05) is 24.3 Å². The summed E-state index contributed by atoms with van der Waals surface area (Å²) in [7, 11) is 4.01. The van der Waals surface area contributed by atoms with Crippen LogP contribution in [0.2, 0.25) is 0 Å². The molecule has 8 heteroatoms. The highest BCUT2D eigenvalue weighted by molar-refractivity contribution is 5.89. The van der Waals surface area contributed by atoms with E-state index in [-0.39, 0.29) is 11.9 Å². The van der Waals surface area contributed by atoms with Gasteiger partial charge in [0.1, 0.15) is 5.69 Å². The number of amides is 1. The monoisotopic (exact) mass is 493 g/mol. The Morgan fingerprint density at radius 3 is 2.62 bits per heavy atom. The number of H-pyrrole nitrogens is 1. The van der Waals surface area contributed by atoms with Gasteiger partial charge in [0.2, 0.25) is 5.91 Å². The molecule has 8 nitrogen and oxygen atoms in total. The Morgan fingerprint density at radius 2 is 1.89 bits per heavy atom. The lowest BCUT2D eigenvalue weighted by Crippen LogP contribution is -2.47. The van der Waals surface area contributed by atoms with Crippen LogP contribution in [0.4, 0.5) is 0 Å². The van der Waals surface area contributed by atoms with E-state index >= 15 is 0 Å². The highest BCUT2D eigenvalue weighted by Gasteiger charge is 2.41. The van der Waals surface area contributed by atoms with Crippen molar-refractivity contribution in [1.29, 1.82) is 0 Å². The number of nitrogens with zero attached hydrogens (tertiary/aromatic N) is 6. The van der Waals surface area contributed by atoms with Crippen molar-refractivity contribution in [3.8, 4) is 33.6 Å². The van der Waals surface area contributed by atoms with Crippen molar-refractivity contribution in [2.45, 2.75) is 32.0 Å². The summed E-state index contributed by atoms with van der Waals surface area (Å²) in [4.78, 5) is 21.8. The van der Waals surface area contributed by atoms with Crippen molar-refractivity contribution < 1.29 is 4.79 Å². The van der Waals surface area contributed by atoms with E-state index in [1.54, 1.807) is 12.3 Å². The Kier molecular flexibility index (Phi) is 6.18. The molecule has 1 N–H and O–H groups in total. The minimum absolute atomic E-state index is 0.0784. The fourth-order valence-electron chi connectivity index (χ4n) is 5.22. The highest BCUT2D eigenvalue weighted by atomic mass is 16.2. The molecule has 4 heterocycles. The van der Waals surface area contributed by atoms with E-state index in [1.807, 2.05) is 50.8 Å². The number of benzene rings is 1. The Labute approximate surface area is 216 Å². The van der Waals surface area contributed by atoms with Gasteiger partial charge in [-0.05, 0) is 62.7 Å². The van der Waals surface area contributed by atoms with Crippen LogP contribution in [-0.4, -0.2) is 67.4 Å². The Hall–Kier alpha value is -4.04. The largest absolute Gasteiger partial charge is 0.328 e. The van der Waals surface area contributed by atoms with Gasteiger partial charge in [0.15, 0.2) is 0 Å². The summed E-state index contributed by atoms with van der Waals surface area (Å²) < 4.78 is 2.14. The van der Waals surface area contributed by atoms with E-state index in [0.29, 0.717) is 19.0 Å². The van der Waals surface area contributed by atoms with Crippen LogP contribution in [0.3, 0.4) is 0 Å². The molecule has 1 fully saturated rings. The summed E-state index contributed by atoms with van der Waals surface area (Å²) in [5.41, 5.74) is 7.17. The van der Waals surface area contributed by atoms with Gasteiger partial charge in [0.05, 0.1) is 30.5 Å². The summed E-state index contributed by atoms with van der Waals surface area (Å²) in [6, 6.07) is 14.6. The van der Waals surface area contributed by atoms with Gasteiger partial charge >= 0.3 is 0 Å². The van der Waals surface area contributed by atoms with Gasteiger partial charge in [0, 0.05) is 47.9 Å². The number of fused-ring (bicyclic) bond motifs is 1. The van der Waals surface area contributed by atoms with Gasteiger partial charge in [-0.15, -0.1) is 0 Å². The molecule has 1 amide bonds. The van der Waals surface area contributed by atoms with E-state index < -0.39 is 0 Å². The molecule has 0 saturated heterocycles. The molecule has 1 saturated carbocycles. The van der Waals surface area contributed by atoms with Gasteiger partial charge in [-0.25, -0.2) is 0 Å². The maximum atomic E-state index is 13.4. The predicted molar refractivity (Wildman–Crippen MR) is 143 cm³/mol. The fraction of sp³-hybridized carbons (Fsp3) is 0.310. The zero-order valence-corrected chi connectivity index (χ0v) is 21.2. The maximum Gasteiger partial charge on any atom is 0.246 e. The lowest BCUT2D eigenvalue weighted by Gasteiger charge is -2.36. The molecule has 1 aliphatic carbocycles. The number of hydrogen-bond acceptors (Lipinski definition) is 5. The quantitative estimate of drug-likeness (QED) is 0.390. The predicted octanol–water partition coefficient (Wildman–Crippen LogP) is 4.24. The molecule has 1 aromatic carbocycles. The molecular weight excluding hydrogens is 462 g/mol. The average molecular weight is 494 g/mol. The van der Waals surface area contributed by atoms with Crippen LogP contribution in [0, 0.1) is 5.92 Å². The molecule has 4 aromatic rings. The van der Waals surface area contributed by atoms with Gasteiger partial charge < -0.3 is 9.80 Å². The van der Waals surface area contributed by atoms with Crippen molar-refractivity contribution in [3.63, 3.8) is 0 Å². The first-order chi connectivity index (χ1) is 18.1. The summed E-state index contributed by atoms with van der Waals surface area (Å²) >= 11 is 0. The first kappa shape index (κ1) is 23.4. The molecule has 0 bridgehead atoms. The summed E-state index contributed by atoms with van der Waals surface area (Å²) in [6.07, 6.45) is 11.4. The number of rotatable bonds is 7. The fourth-order valence-corrected chi connectivity index (χ4v) is 5.22. The SMILES string of the molecule is CN(C)C/C=C/C(=O)N1Cc2c(-c3ccncc3)c(-c3cccc(-c4ccn[nH]4)c3)nn2C[C@@H]1C1CC1. The number of carbonyl (C=O) groups is 1. The molecule has 2 aliphatic rings. The maximum absolute atomic E-state index is 13.4. The van der Waals surface area contributed by atoms with Crippen LogP contribution in [-0.2, 0) is 17.9 Å². The van der Waals surface area contributed by atoms with E-state index in [1.165, 1.54) is 12.8 Å². The van der Waals surface area contributed by atoms with Crippen LogP contribution >= 0.6 is 0 Å². The van der Waals surface area contributed by atoms with E-state index in [0.717, 1.165) is 45.9 Å². The molecule has 0 radical (unpaired) electrons. The van der Waals surface area contributed by atoms with Crippen LogP contribution in [0.15, 0.2) is 73.2 Å².